The number of carbonyl (C=O) groups excluding carboxylic acids is 1. The van der Waals surface area contributed by atoms with Gasteiger partial charge >= 0.3 is 5.82 Å². The molecule has 7 nitrogen and oxygen atoms in total. The molecule has 0 aliphatic heterocycles. The maximum Gasteiger partial charge on any atom is 0.321 e. The first-order valence-electron chi connectivity index (χ1n) is 4.97. The molecular formula is C9H15ClN4O3. The van der Waals surface area contributed by atoms with E-state index in [1.165, 1.54) is 12.1 Å². The Labute approximate surface area is 105 Å². The fourth-order valence-electron chi connectivity index (χ4n) is 1.16. The number of hydrogen-bond donors (Lipinski definition) is 3. The lowest BCUT2D eigenvalue weighted by Gasteiger charge is -2.02. The molecule has 0 saturated carbocycles. The summed E-state index contributed by atoms with van der Waals surface area (Å²) in [6.45, 7) is 3.96. The molecule has 17 heavy (non-hydrogen) atoms. The Balaban J connectivity index is 0.00000256. The van der Waals surface area contributed by atoms with E-state index in [0.717, 1.165) is 6.54 Å². The first kappa shape index (κ1) is 15.4. The molecule has 8 heteroatoms. The van der Waals surface area contributed by atoms with Crippen LogP contribution in [-0.4, -0.2) is 35.4 Å². The third-order valence-electron chi connectivity index (χ3n) is 1.95. The van der Waals surface area contributed by atoms with Gasteiger partial charge < -0.3 is 20.7 Å². The average molecular weight is 263 g/mol. The molecule has 0 bridgehead atoms. The van der Waals surface area contributed by atoms with E-state index in [1.54, 1.807) is 0 Å². The van der Waals surface area contributed by atoms with Crippen LogP contribution in [0.5, 0.6) is 0 Å². The van der Waals surface area contributed by atoms with E-state index in [2.05, 4.69) is 15.6 Å². The molecule has 0 aliphatic rings. The Bertz CT molecular complexity index is 380. The van der Waals surface area contributed by atoms with E-state index in [-0.39, 0.29) is 29.8 Å². The standard InChI is InChI=1S/C9H14N4O3.ClH/c1-2-10-5-6-11-9(14)7-3-4-8(12-7)13(15)16;/h3-4,10,12H,2,5-6H2,1H3,(H,11,14);1H. The monoisotopic (exact) mass is 262 g/mol. The Kier molecular flexibility index (Phi) is 6.92. The molecule has 0 fully saturated rings. The highest BCUT2D eigenvalue weighted by Crippen LogP contribution is 2.09. The fraction of sp³-hybridized carbons (Fsp3) is 0.444. The van der Waals surface area contributed by atoms with Crippen molar-refractivity contribution in [3.63, 3.8) is 0 Å². The van der Waals surface area contributed by atoms with Crippen LogP contribution in [0.2, 0.25) is 0 Å². The SMILES string of the molecule is CCNCCNC(=O)c1ccc([N+](=O)[O-])[nH]1.Cl. The maximum absolute atomic E-state index is 11.5. The van der Waals surface area contributed by atoms with Gasteiger partial charge in [-0.25, -0.2) is 4.98 Å². The van der Waals surface area contributed by atoms with Gasteiger partial charge in [-0.3, -0.25) is 4.79 Å². The molecule has 0 spiro atoms. The predicted octanol–water partition coefficient (Wildman–Crippen LogP) is 0.684. The van der Waals surface area contributed by atoms with Gasteiger partial charge in [-0.2, -0.15) is 0 Å². The Morgan fingerprint density at radius 3 is 2.71 bits per heavy atom. The highest BCUT2D eigenvalue weighted by molar-refractivity contribution is 5.92. The third kappa shape index (κ3) is 4.83. The van der Waals surface area contributed by atoms with Crippen LogP contribution in [0.4, 0.5) is 5.82 Å². The van der Waals surface area contributed by atoms with Crippen molar-refractivity contribution in [1.82, 2.24) is 15.6 Å². The molecule has 1 amide bonds. The van der Waals surface area contributed by atoms with E-state index in [9.17, 15) is 14.9 Å². The first-order valence-corrected chi connectivity index (χ1v) is 4.97. The Hall–Kier alpha value is -1.60. The summed E-state index contributed by atoms with van der Waals surface area (Å²) in [7, 11) is 0. The topological polar surface area (TPSA) is 100 Å². The summed E-state index contributed by atoms with van der Waals surface area (Å²) in [5, 5.41) is 16.0. The first-order chi connectivity index (χ1) is 7.65. The smallest absolute Gasteiger partial charge is 0.321 e. The molecule has 1 aromatic rings. The minimum absolute atomic E-state index is 0. The summed E-state index contributed by atoms with van der Waals surface area (Å²) in [6, 6.07) is 2.65. The zero-order chi connectivity index (χ0) is 12.0. The minimum Gasteiger partial charge on any atom is -0.358 e. The number of likely N-dealkylation sites (N-methyl/N-ethyl adjacent to an activating group) is 1. The quantitative estimate of drug-likeness (QED) is 0.399. The van der Waals surface area contributed by atoms with Crippen molar-refractivity contribution in [2.75, 3.05) is 19.6 Å². The van der Waals surface area contributed by atoms with Crippen LogP contribution >= 0.6 is 12.4 Å². The van der Waals surface area contributed by atoms with Gasteiger partial charge in [-0.05, 0) is 17.5 Å². The van der Waals surface area contributed by atoms with Crippen LogP contribution in [0.15, 0.2) is 12.1 Å². The lowest BCUT2D eigenvalue weighted by molar-refractivity contribution is -0.389. The van der Waals surface area contributed by atoms with Crippen LogP contribution in [-0.2, 0) is 0 Å². The molecule has 0 radical (unpaired) electrons. The number of rotatable bonds is 6. The molecule has 1 rings (SSSR count). The molecule has 0 atom stereocenters. The van der Waals surface area contributed by atoms with Crippen LogP contribution in [0.3, 0.4) is 0 Å². The lowest BCUT2D eigenvalue weighted by Crippen LogP contribution is -2.31. The van der Waals surface area contributed by atoms with Gasteiger partial charge in [0.15, 0.2) is 5.69 Å². The number of aromatic nitrogens is 1. The molecule has 0 aliphatic carbocycles. The van der Waals surface area contributed by atoms with Gasteiger partial charge in [0, 0.05) is 19.2 Å². The van der Waals surface area contributed by atoms with Crippen LogP contribution in [0, 0.1) is 10.1 Å². The highest BCUT2D eigenvalue weighted by atomic mass is 35.5. The molecule has 0 saturated heterocycles. The normalized spacial score (nSPS) is 9.47. The van der Waals surface area contributed by atoms with E-state index >= 15 is 0 Å². The number of carbonyl (C=O) groups is 1. The van der Waals surface area contributed by atoms with E-state index < -0.39 is 4.92 Å². The van der Waals surface area contributed by atoms with Crippen molar-refractivity contribution in [2.24, 2.45) is 0 Å². The number of nitrogens with one attached hydrogen (secondary N) is 3. The van der Waals surface area contributed by atoms with Gasteiger partial charge in [-0.15, -0.1) is 12.4 Å². The highest BCUT2D eigenvalue weighted by Gasteiger charge is 2.14. The summed E-state index contributed by atoms with van der Waals surface area (Å²) < 4.78 is 0. The van der Waals surface area contributed by atoms with Gasteiger partial charge in [0.2, 0.25) is 0 Å². The number of nitrogens with zero attached hydrogens (tertiary/aromatic N) is 1. The second kappa shape index (κ2) is 7.64. The summed E-state index contributed by atoms with van der Waals surface area (Å²) >= 11 is 0. The molecular weight excluding hydrogens is 248 g/mol. The Morgan fingerprint density at radius 2 is 2.18 bits per heavy atom. The van der Waals surface area contributed by atoms with Gasteiger partial charge in [0.25, 0.3) is 5.91 Å². The molecule has 1 aromatic heterocycles. The largest absolute Gasteiger partial charge is 0.358 e. The number of nitro groups is 1. The van der Waals surface area contributed by atoms with Crippen LogP contribution in [0.25, 0.3) is 0 Å². The zero-order valence-electron chi connectivity index (χ0n) is 9.36. The van der Waals surface area contributed by atoms with Crippen LogP contribution < -0.4 is 10.6 Å². The maximum atomic E-state index is 11.5. The summed E-state index contributed by atoms with van der Waals surface area (Å²) in [4.78, 5) is 23.7. The molecule has 1 heterocycles. The van der Waals surface area contributed by atoms with E-state index in [0.29, 0.717) is 13.1 Å². The van der Waals surface area contributed by atoms with E-state index in [4.69, 9.17) is 0 Å². The molecule has 0 aromatic carbocycles. The second-order valence-electron chi connectivity index (χ2n) is 3.12. The molecule has 3 N–H and O–H groups in total. The number of amides is 1. The summed E-state index contributed by atoms with van der Waals surface area (Å²) in [6.07, 6.45) is 0. The van der Waals surface area contributed by atoms with Crippen molar-refractivity contribution in [2.45, 2.75) is 6.92 Å². The summed E-state index contributed by atoms with van der Waals surface area (Å²) in [5.74, 6) is -0.525. The predicted molar refractivity (Wildman–Crippen MR) is 65.6 cm³/mol. The fourth-order valence-corrected chi connectivity index (χ4v) is 1.16. The van der Waals surface area contributed by atoms with Crippen LogP contribution in [0.1, 0.15) is 17.4 Å². The lowest BCUT2D eigenvalue weighted by atomic mass is 10.4. The van der Waals surface area contributed by atoms with Gasteiger partial charge in [0.05, 0.1) is 0 Å². The minimum atomic E-state index is -0.574. The van der Waals surface area contributed by atoms with Crippen molar-refractivity contribution >= 4 is 24.1 Å². The molecule has 96 valence electrons. The second-order valence-corrected chi connectivity index (χ2v) is 3.12. The van der Waals surface area contributed by atoms with E-state index in [1.807, 2.05) is 6.92 Å². The third-order valence-corrected chi connectivity index (χ3v) is 1.95. The van der Waals surface area contributed by atoms with Gasteiger partial charge in [-0.1, -0.05) is 6.92 Å². The zero-order valence-corrected chi connectivity index (χ0v) is 10.2. The average Bonchev–Trinajstić information content (AvgIpc) is 2.73. The number of hydrogen-bond acceptors (Lipinski definition) is 4. The van der Waals surface area contributed by atoms with Crippen molar-refractivity contribution < 1.29 is 9.72 Å². The Morgan fingerprint density at radius 1 is 1.47 bits per heavy atom. The van der Waals surface area contributed by atoms with Crippen molar-refractivity contribution in [3.8, 4) is 0 Å². The molecule has 0 unspecified atom stereocenters. The van der Waals surface area contributed by atoms with Crippen molar-refractivity contribution in [3.05, 3.63) is 27.9 Å². The van der Waals surface area contributed by atoms with Crippen molar-refractivity contribution in [1.29, 1.82) is 0 Å². The van der Waals surface area contributed by atoms with Gasteiger partial charge in [0.1, 0.15) is 0 Å². The number of H-pyrrole nitrogens is 1. The summed E-state index contributed by atoms with van der Waals surface area (Å²) in [5.41, 5.74) is 0.197. The number of halogens is 1. The number of aromatic amines is 1.